The van der Waals surface area contributed by atoms with E-state index in [1.54, 1.807) is 24.4 Å². The molecule has 5 rings (SSSR count). The predicted molar refractivity (Wildman–Crippen MR) is 130 cm³/mol. The largest absolute Gasteiger partial charge is 0.355 e. The van der Waals surface area contributed by atoms with Crippen LogP contribution in [0.25, 0.3) is 11.0 Å². The number of amides is 2. The summed E-state index contributed by atoms with van der Waals surface area (Å²) in [4.78, 5) is 36.7. The van der Waals surface area contributed by atoms with Crippen molar-refractivity contribution in [3.8, 4) is 0 Å². The third-order valence-corrected chi connectivity index (χ3v) is 5.72. The van der Waals surface area contributed by atoms with Gasteiger partial charge in [-0.05, 0) is 67.4 Å². The predicted octanol–water partition coefficient (Wildman–Crippen LogP) is 5.38. The summed E-state index contributed by atoms with van der Waals surface area (Å²) < 4.78 is 27.6. The monoisotopic (exact) mass is 473 g/mol. The lowest BCUT2D eigenvalue weighted by Gasteiger charge is -2.16. The molecule has 0 saturated carbocycles. The van der Waals surface area contributed by atoms with Crippen molar-refractivity contribution in [3.63, 3.8) is 0 Å². The molecular weight excluding hydrogens is 452 g/mol. The summed E-state index contributed by atoms with van der Waals surface area (Å²) in [5, 5.41) is 4.94. The van der Waals surface area contributed by atoms with Crippen LogP contribution in [0.5, 0.6) is 0 Å². The number of anilines is 3. The second-order valence-corrected chi connectivity index (χ2v) is 8.27. The highest BCUT2D eigenvalue weighted by molar-refractivity contribution is 6.11. The minimum absolute atomic E-state index is 0.0639. The highest BCUT2D eigenvalue weighted by Crippen LogP contribution is 2.23. The number of halogens is 2. The standard InChI is InChI=1S/C26H21F2N5O2/c27-18-4-3-5-20(13-18)30-26(35)31-21-11-17(10-19(28)14-21)25(34)16-6-7-22-23(12-16)32-24(15-29-22)33-8-1-2-9-33/h3-7,10-15H,1-2,8-9H2,(H2,30,31,35). The average Bonchev–Trinajstić information content (AvgIpc) is 3.37. The maximum atomic E-state index is 14.3. The molecule has 1 fully saturated rings. The minimum Gasteiger partial charge on any atom is -0.355 e. The van der Waals surface area contributed by atoms with Crippen LogP contribution in [0.1, 0.15) is 28.8 Å². The third kappa shape index (κ3) is 5.08. The van der Waals surface area contributed by atoms with Crippen LogP contribution in [0.4, 0.5) is 30.8 Å². The van der Waals surface area contributed by atoms with Crippen LogP contribution in [0.3, 0.4) is 0 Å². The maximum absolute atomic E-state index is 14.3. The van der Waals surface area contributed by atoms with Gasteiger partial charge in [0.25, 0.3) is 0 Å². The molecule has 35 heavy (non-hydrogen) atoms. The SMILES string of the molecule is O=C(Nc1cccc(F)c1)Nc1cc(F)cc(C(=O)c2ccc3ncc(N4CCCC4)nc3c2)c1. The van der Waals surface area contributed by atoms with Gasteiger partial charge >= 0.3 is 6.03 Å². The van der Waals surface area contributed by atoms with Gasteiger partial charge in [-0.25, -0.2) is 18.6 Å². The van der Waals surface area contributed by atoms with Gasteiger partial charge in [0.15, 0.2) is 5.78 Å². The van der Waals surface area contributed by atoms with Crippen molar-refractivity contribution in [1.82, 2.24) is 9.97 Å². The molecule has 2 N–H and O–H groups in total. The Balaban J connectivity index is 1.37. The number of fused-ring (bicyclic) bond motifs is 1. The van der Waals surface area contributed by atoms with E-state index in [9.17, 15) is 18.4 Å². The van der Waals surface area contributed by atoms with E-state index < -0.39 is 23.4 Å². The van der Waals surface area contributed by atoms with E-state index in [0.717, 1.165) is 49.9 Å². The number of ketones is 1. The van der Waals surface area contributed by atoms with E-state index in [2.05, 4.69) is 25.5 Å². The molecule has 7 nitrogen and oxygen atoms in total. The lowest BCUT2D eigenvalue weighted by molar-refractivity contribution is 0.103. The lowest BCUT2D eigenvalue weighted by atomic mass is 10.0. The average molecular weight is 473 g/mol. The van der Waals surface area contributed by atoms with Crippen LogP contribution >= 0.6 is 0 Å². The number of aromatic nitrogens is 2. The van der Waals surface area contributed by atoms with Gasteiger partial charge < -0.3 is 15.5 Å². The zero-order chi connectivity index (χ0) is 24.4. The molecular formula is C26H21F2N5O2. The van der Waals surface area contributed by atoms with Crippen molar-refractivity contribution < 1.29 is 18.4 Å². The smallest absolute Gasteiger partial charge is 0.323 e. The van der Waals surface area contributed by atoms with Crippen LogP contribution in [0.2, 0.25) is 0 Å². The summed E-state index contributed by atoms with van der Waals surface area (Å²) in [5.74, 6) is -0.850. The molecule has 1 aliphatic heterocycles. The Kier molecular flexibility index (Phi) is 6.05. The summed E-state index contributed by atoms with van der Waals surface area (Å²) in [6.07, 6.45) is 3.94. The van der Waals surface area contributed by atoms with E-state index in [4.69, 9.17) is 0 Å². The van der Waals surface area contributed by atoms with Gasteiger partial charge in [0.1, 0.15) is 17.5 Å². The Morgan fingerprint density at radius 1 is 0.800 bits per heavy atom. The first-order chi connectivity index (χ1) is 16.9. The number of hydrogen-bond donors (Lipinski definition) is 2. The summed E-state index contributed by atoms with van der Waals surface area (Å²) in [5.41, 5.74) is 1.93. The summed E-state index contributed by atoms with van der Waals surface area (Å²) in [6.45, 7) is 1.84. The van der Waals surface area contributed by atoms with Crippen molar-refractivity contribution in [3.05, 3.63) is 89.6 Å². The van der Waals surface area contributed by atoms with Gasteiger partial charge in [-0.15, -0.1) is 0 Å². The van der Waals surface area contributed by atoms with Crippen LogP contribution < -0.4 is 15.5 Å². The van der Waals surface area contributed by atoms with Gasteiger partial charge in [0.05, 0.1) is 17.2 Å². The molecule has 1 aromatic heterocycles. The van der Waals surface area contributed by atoms with Crippen molar-refractivity contribution >= 4 is 40.0 Å². The molecule has 1 saturated heterocycles. The van der Waals surface area contributed by atoms with Crippen molar-refractivity contribution in [2.75, 3.05) is 28.6 Å². The number of urea groups is 1. The Labute approximate surface area is 199 Å². The quantitative estimate of drug-likeness (QED) is 0.380. The first-order valence-electron chi connectivity index (χ1n) is 11.2. The molecule has 4 aromatic rings. The lowest BCUT2D eigenvalue weighted by Crippen LogP contribution is -2.20. The maximum Gasteiger partial charge on any atom is 0.323 e. The van der Waals surface area contributed by atoms with Crippen LogP contribution in [-0.2, 0) is 0 Å². The number of carbonyl (C=O) groups is 2. The highest BCUT2D eigenvalue weighted by atomic mass is 19.1. The first kappa shape index (κ1) is 22.4. The number of nitrogens with zero attached hydrogens (tertiary/aromatic N) is 3. The number of hydrogen-bond acceptors (Lipinski definition) is 5. The molecule has 0 unspecified atom stereocenters. The number of carbonyl (C=O) groups excluding carboxylic acids is 2. The Morgan fingerprint density at radius 3 is 2.37 bits per heavy atom. The molecule has 0 spiro atoms. The fourth-order valence-corrected chi connectivity index (χ4v) is 4.06. The molecule has 2 amide bonds. The van der Waals surface area contributed by atoms with E-state index in [0.29, 0.717) is 16.6 Å². The molecule has 2 heterocycles. The molecule has 0 radical (unpaired) electrons. The van der Waals surface area contributed by atoms with Crippen LogP contribution in [0.15, 0.2) is 66.9 Å². The highest BCUT2D eigenvalue weighted by Gasteiger charge is 2.17. The fourth-order valence-electron chi connectivity index (χ4n) is 4.06. The fraction of sp³-hybridized carbons (Fsp3) is 0.154. The zero-order valence-corrected chi connectivity index (χ0v) is 18.6. The second-order valence-electron chi connectivity index (χ2n) is 8.27. The Bertz CT molecular complexity index is 1440. The number of rotatable bonds is 5. The summed E-state index contributed by atoms with van der Waals surface area (Å²) >= 11 is 0. The number of benzene rings is 3. The Hall–Kier alpha value is -4.40. The van der Waals surface area contributed by atoms with E-state index in [1.165, 1.54) is 24.3 Å². The zero-order valence-electron chi connectivity index (χ0n) is 18.6. The summed E-state index contributed by atoms with van der Waals surface area (Å²) in [6, 6.07) is 13.2. The van der Waals surface area contributed by atoms with Gasteiger partial charge in [-0.2, -0.15) is 0 Å². The third-order valence-electron chi connectivity index (χ3n) is 5.72. The van der Waals surface area contributed by atoms with Gasteiger partial charge in [0, 0.05) is 35.6 Å². The molecule has 1 aliphatic rings. The minimum atomic E-state index is -0.699. The molecule has 0 bridgehead atoms. The number of nitrogens with one attached hydrogen (secondary N) is 2. The van der Waals surface area contributed by atoms with Crippen LogP contribution in [-0.4, -0.2) is 34.9 Å². The van der Waals surface area contributed by atoms with Gasteiger partial charge in [-0.3, -0.25) is 9.78 Å². The van der Waals surface area contributed by atoms with Crippen LogP contribution in [0, 0.1) is 11.6 Å². The van der Waals surface area contributed by atoms with E-state index >= 15 is 0 Å². The normalized spacial score (nSPS) is 13.1. The van der Waals surface area contributed by atoms with Crippen molar-refractivity contribution in [1.29, 1.82) is 0 Å². The van der Waals surface area contributed by atoms with Crippen molar-refractivity contribution in [2.45, 2.75) is 12.8 Å². The van der Waals surface area contributed by atoms with Gasteiger partial charge in [-0.1, -0.05) is 6.07 Å². The molecule has 9 heteroatoms. The van der Waals surface area contributed by atoms with E-state index in [-0.39, 0.29) is 16.9 Å². The first-order valence-corrected chi connectivity index (χ1v) is 11.2. The van der Waals surface area contributed by atoms with E-state index in [1.807, 2.05) is 0 Å². The summed E-state index contributed by atoms with van der Waals surface area (Å²) in [7, 11) is 0. The van der Waals surface area contributed by atoms with Crippen molar-refractivity contribution in [2.24, 2.45) is 0 Å². The molecule has 176 valence electrons. The molecule has 3 aromatic carbocycles. The molecule has 0 aliphatic carbocycles. The Morgan fingerprint density at radius 2 is 1.57 bits per heavy atom. The molecule has 0 atom stereocenters. The topological polar surface area (TPSA) is 87.2 Å². The second kappa shape index (κ2) is 9.46. The van der Waals surface area contributed by atoms with Gasteiger partial charge in [0.2, 0.25) is 0 Å².